The van der Waals surface area contributed by atoms with Gasteiger partial charge >= 0.3 is 0 Å². The summed E-state index contributed by atoms with van der Waals surface area (Å²) in [5.74, 6) is 1.11. The van der Waals surface area contributed by atoms with Crippen LogP contribution in [0.4, 0.5) is 5.69 Å². The van der Waals surface area contributed by atoms with Crippen LogP contribution in [0.1, 0.15) is 0 Å². The van der Waals surface area contributed by atoms with E-state index in [0.29, 0.717) is 49.9 Å². The van der Waals surface area contributed by atoms with Crippen LogP contribution in [0.5, 0.6) is 11.5 Å². The van der Waals surface area contributed by atoms with E-state index in [2.05, 4.69) is 5.32 Å². The highest BCUT2D eigenvalue weighted by atomic mass is 16.5. The maximum atomic E-state index is 12.1. The number of carbonyl (C=O) groups is 2. The van der Waals surface area contributed by atoms with Crippen LogP contribution in [0.2, 0.25) is 0 Å². The summed E-state index contributed by atoms with van der Waals surface area (Å²) in [5.41, 5.74) is 0.611. The number of carbonyl (C=O) groups excluding carboxylic acids is 2. The van der Waals surface area contributed by atoms with Gasteiger partial charge in [0.2, 0.25) is 12.3 Å². The summed E-state index contributed by atoms with van der Waals surface area (Å²) in [7, 11) is 3.12. The molecule has 0 unspecified atom stereocenters. The van der Waals surface area contributed by atoms with Crippen molar-refractivity contribution in [3.05, 3.63) is 18.2 Å². The molecule has 1 aromatic carbocycles. The van der Waals surface area contributed by atoms with Crippen LogP contribution >= 0.6 is 0 Å². The number of ether oxygens (including phenoxy) is 2. The number of nitrogens with one attached hydrogen (secondary N) is 1. The molecule has 7 heteroatoms. The van der Waals surface area contributed by atoms with E-state index in [1.807, 2.05) is 4.90 Å². The lowest BCUT2D eigenvalue weighted by Gasteiger charge is -2.31. The van der Waals surface area contributed by atoms with Crippen LogP contribution in [0.25, 0.3) is 0 Å². The van der Waals surface area contributed by atoms with Crippen molar-refractivity contribution in [3.63, 3.8) is 0 Å². The Morgan fingerprint density at radius 2 is 1.95 bits per heavy atom. The molecular formula is C15H21N3O4. The second kappa shape index (κ2) is 7.65. The van der Waals surface area contributed by atoms with Crippen LogP contribution in [0.3, 0.4) is 0 Å². The fourth-order valence-corrected chi connectivity index (χ4v) is 2.32. The standard InChI is InChI=1S/C15H21N3O4/c1-21-12-3-4-13(14(9-12)22-2)16-15(20)10-17-5-7-18(11-19)8-6-17/h3-4,9,11H,5-8,10H2,1-2H3,(H,16,20). The molecule has 120 valence electrons. The van der Waals surface area contributed by atoms with Gasteiger partial charge in [0.25, 0.3) is 0 Å². The minimum Gasteiger partial charge on any atom is -0.497 e. The number of anilines is 1. The first-order valence-electron chi connectivity index (χ1n) is 7.10. The molecule has 1 aliphatic heterocycles. The van der Waals surface area contributed by atoms with Crippen molar-refractivity contribution < 1.29 is 19.1 Å². The van der Waals surface area contributed by atoms with Crippen molar-refractivity contribution in [2.45, 2.75) is 0 Å². The summed E-state index contributed by atoms with van der Waals surface area (Å²) in [4.78, 5) is 26.5. The number of piperazine rings is 1. The fraction of sp³-hybridized carbons (Fsp3) is 0.467. The third kappa shape index (κ3) is 4.11. The zero-order chi connectivity index (χ0) is 15.9. The summed E-state index contributed by atoms with van der Waals surface area (Å²) in [5, 5.41) is 2.84. The van der Waals surface area contributed by atoms with Gasteiger partial charge in [-0.2, -0.15) is 0 Å². The molecule has 1 saturated heterocycles. The van der Waals surface area contributed by atoms with Gasteiger partial charge in [-0.1, -0.05) is 0 Å². The number of benzene rings is 1. The molecule has 1 N–H and O–H groups in total. The summed E-state index contributed by atoms with van der Waals surface area (Å²) >= 11 is 0. The lowest BCUT2D eigenvalue weighted by atomic mass is 10.2. The predicted molar refractivity (Wildman–Crippen MR) is 82.3 cm³/mol. The molecule has 0 aromatic heterocycles. The Balaban J connectivity index is 1.91. The van der Waals surface area contributed by atoms with E-state index in [0.717, 1.165) is 6.41 Å². The second-order valence-corrected chi connectivity index (χ2v) is 5.03. The van der Waals surface area contributed by atoms with Crippen molar-refractivity contribution >= 4 is 18.0 Å². The quantitative estimate of drug-likeness (QED) is 0.771. The molecule has 2 amide bonds. The molecule has 1 heterocycles. The molecule has 0 radical (unpaired) electrons. The zero-order valence-corrected chi connectivity index (χ0v) is 12.9. The smallest absolute Gasteiger partial charge is 0.238 e. The zero-order valence-electron chi connectivity index (χ0n) is 12.9. The second-order valence-electron chi connectivity index (χ2n) is 5.03. The highest BCUT2D eigenvalue weighted by molar-refractivity contribution is 5.93. The largest absolute Gasteiger partial charge is 0.497 e. The van der Waals surface area contributed by atoms with Gasteiger partial charge in [0.05, 0.1) is 26.5 Å². The van der Waals surface area contributed by atoms with Crippen molar-refractivity contribution in [3.8, 4) is 11.5 Å². The average molecular weight is 307 g/mol. The molecule has 0 spiro atoms. The predicted octanol–water partition coefficient (Wildman–Crippen LogP) is 0.416. The summed E-state index contributed by atoms with van der Waals surface area (Å²) in [6, 6.07) is 5.24. The lowest BCUT2D eigenvalue weighted by Crippen LogP contribution is -2.48. The van der Waals surface area contributed by atoms with Crippen LogP contribution < -0.4 is 14.8 Å². The molecular weight excluding hydrogens is 286 g/mol. The molecule has 2 rings (SSSR count). The van der Waals surface area contributed by atoms with Crippen LogP contribution in [0, 0.1) is 0 Å². The van der Waals surface area contributed by atoms with E-state index in [1.165, 1.54) is 0 Å². The normalized spacial score (nSPS) is 15.3. The number of hydrogen-bond donors (Lipinski definition) is 1. The Kier molecular flexibility index (Phi) is 5.60. The minimum atomic E-state index is -0.108. The molecule has 0 bridgehead atoms. The molecule has 1 fully saturated rings. The van der Waals surface area contributed by atoms with Gasteiger partial charge in [0.15, 0.2) is 0 Å². The topological polar surface area (TPSA) is 71.1 Å². The van der Waals surface area contributed by atoms with E-state index in [1.54, 1.807) is 37.3 Å². The summed E-state index contributed by atoms with van der Waals surface area (Å²) in [6.07, 6.45) is 0.847. The van der Waals surface area contributed by atoms with E-state index < -0.39 is 0 Å². The average Bonchev–Trinajstić information content (AvgIpc) is 2.55. The maximum absolute atomic E-state index is 12.1. The molecule has 1 aromatic rings. The first-order chi connectivity index (χ1) is 10.7. The van der Waals surface area contributed by atoms with E-state index in [4.69, 9.17) is 9.47 Å². The Bertz CT molecular complexity index is 528. The summed E-state index contributed by atoms with van der Waals surface area (Å²) in [6.45, 7) is 3.00. The third-order valence-electron chi connectivity index (χ3n) is 3.61. The number of rotatable bonds is 6. The highest BCUT2D eigenvalue weighted by Gasteiger charge is 2.18. The SMILES string of the molecule is COc1ccc(NC(=O)CN2CCN(C=O)CC2)c(OC)c1. The van der Waals surface area contributed by atoms with Crippen LogP contribution in [-0.4, -0.2) is 69.1 Å². The van der Waals surface area contributed by atoms with Crippen molar-refractivity contribution in [1.82, 2.24) is 9.80 Å². The first-order valence-corrected chi connectivity index (χ1v) is 7.10. The Labute approximate surface area is 129 Å². The Morgan fingerprint density at radius 3 is 2.55 bits per heavy atom. The number of nitrogens with zero attached hydrogens (tertiary/aromatic N) is 2. The van der Waals surface area contributed by atoms with Gasteiger partial charge in [-0.3, -0.25) is 14.5 Å². The van der Waals surface area contributed by atoms with Gasteiger partial charge in [-0.15, -0.1) is 0 Å². The van der Waals surface area contributed by atoms with Crippen molar-refractivity contribution in [2.24, 2.45) is 0 Å². The van der Waals surface area contributed by atoms with E-state index in [9.17, 15) is 9.59 Å². The fourth-order valence-electron chi connectivity index (χ4n) is 2.32. The van der Waals surface area contributed by atoms with Gasteiger partial charge < -0.3 is 19.7 Å². The molecule has 22 heavy (non-hydrogen) atoms. The number of hydrogen-bond acceptors (Lipinski definition) is 5. The van der Waals surface area contributed by atoms with E-state index >= 15 is 0 Å². The van der Waals surface area contributed by atoms with Crippen LogP contribution in [-0.2, 0) is 9.59 Å². The molecule has 7 nitrogen and oxygen atoms in total. The monoisotopic (exact) mass is 307 g/mol. The van der Waals surface area contributed by atoms with Gasteiger partial charge in [0, 0.05) is 32.2 Å². The van der Waals surface area contributed by atoms with Crippen molar-refractivity contribution in [1.29, 1.82) is 0 Å². The Hall–Kier alpha value is -2.28. The van der Waals surface area contributed by atoms with Crippen LogP contribution in [0.15, 0.2) is 18.2 Å². The van der Waals surface area contributed by atoms with Gasteiger partial charge in [-0.25, -0.2) is 0 Å². The third-order valence-corrected chi connectivity index (χ3v) is 3.61. The van der Waals surface area contributed by atoms with E-state index in [-0.39, 0.29) is 5.91 Å². The first kappa shape index (κ1) is 16.1. The molecule has 0 saturated carbocycles. The molecule has 1 aliphatic rings. The lowest BCUT2D eigenvalue weighted by molar-refractivity contribution is -0.120. The summed E-state index contributed by atoms with van der Waals surface area (Å²) < 4.78 is 10.4. The number of methoxy groups -OCH3 is 2. The molecule has 0 aliphatic carbocycles. The van der Waals surface area contributed by atoms with Gasteiger partial charge in [0.1, 0.15) is 11.5 Å². The van der Waals surface area contributed by atoms with Crippen molar-refractivity contribution in [2.75, 3.05) is 52.3 Å². The molecule has 0 atom stereocenters. The number of amides is 2. The maximum Gasteiger partial charge on any atom is 0.238 e. The van der Waals surface area contributed by atoms with Gasteiger partial charge in [-0.05, 0) is 12.1 Å². The minimum absolute atomic E-state index is 0.108. The Morgan fingerprint density at radius 1 is 1.23 bits per heavy atom. The highest BCUT2D eigenvalue weighted by Crippen LogP contribution is 2.28.